The van der Waals surface area contributed by atoms with Gasteiger partial charge in [0, 0.05) is 15.6 Å². The van der Waals surface area contributed by atoms with Gasteiger partial charge in [-0.2, -0.15) is 0 Å². The van der Waals surface area contributed by atoms with Crippen molar-refractivity contribution in [2.24, 2.45) is 10.9 Å². The predicted molar refractivity (Wildman–Crippen MR) is 95.3 cm³/mol. The van der Waals surface area contributed by atoms with E-state index in [-0.39, 0.29) is 5.70 Å². The lowest BCUT2D eigenvalue weighted by atomic mass is 10.3. The number of nitrogens with one attached hydrogen (secondary N) is 1. The van der Waals surface area contributed by atoms with Gasteiger partial charge in [0.2, 0.25) is 0 Å². The van der Waals surface area contributed by atoms with Crippen molar-refractivity contribution in [2.45, 2.75) is 4.90 Å². The molecule has 0 atom stereocenters. The van der Waals surface area contributed by atoms with Gasteiger partial charge < -0.3 is 11.1 Å². The van der Waals surface area contributed by atoms with Crippen LogP contribution in [0.15, 0.2) is 63.4 Å². The lowest BCUT2D eigenvalue weighted by Crippen LogP contribution is -2.21. The van der Waals surface area contributed by atoms with Crippen LogP contribution in [0.1, 0.15) is 0 Å². The second-order valence-electron chi connectivity index (χ2n) is 4.34. The van der Waals surface area contributed by atoms with Crippen LogP contribution in [0.25, 0.3) is 0 Å². The van der Waals surface area contributed by atoms with E-state index < -0.39 is 11.7 Å². The van der Waals surface area contributed by atoms with E-state index in [1.54, 1.807) is 30.3 Å². The van der Waals surface area contributed by atoms with E-state index in [4.69, 9.17) is 22.5 Å². The fraction of sp³-hybridized carbons (Fsp3) is 0. The standard InChI is InChI=1S/C15H13ClFN3OS2/c16-9-4-6-12(7-5-9)22-15(23-19)13(18)14(21)20-11-3-1-2-10(17)8-11/h1-8H,18-19H2,(H,20,21)/b15-13-. The normalized spacial score (nSPS) is 11.8. The molecule has 4 nitrogen and oxygen atoms in total. The number of thioether (sulfide) groups is 1. The molecule has 2 rings (SSSR count). The van der Waals surface area contributed by atoms with E-state index in [0.29, 0.717) is 14.9 Å². The molecule has 23 heavy (non-hydrogen) atoms. The van der Waals surface area contributed by atoms with Gasteiger partial charge in [0.25, 0.3) is 5.91 Å². The van der Waals surface area contributed by atoms with Gasteiger partial charge in [-0.05, 0) is 54.4 Å². The number of hydrogen-bond donors (Lipinski definition) is 3. The van der Waals surface area contributed by atoms with Crippen LogP contribution in [0.4, 0.5) is 10.1 Å². The molecule has 120 valence electrons. The molecule has 0 saturated carbocycles. The van der Waals surface area contributed by atoms with Crippen molar-refractivity contribution >= 4 is 46.9 Å². The van der Waals surface area contributed by atoms with Crippen molar-refractivity contribution < 1.29 is 9.18 Å². The lowest BCUT2D eigenvalue weighted by Gasteiger charge is -2.10. The van der Waals surface area contributed by atoms with Crippen molar-refractivity contribution in [3.05, 3.63) is 69.3 Å². The monoisotopic (exact) mass is 369 g/mol. The maximum absolute atomic E-state index is 13.1. The number of rotatable bonds is 5. The third-order valence-corrected chi connectivity index (χ3v) is 4.82. The van der Waals surface area contributed by atoms with Crippen molar-refractivity contribution in [3.63, 3.8) is 0 Å². The molecule has 5 N–H and O–H groups in total. The molecule has 2 aromatic rings. The number of hydrogen-bond acceptors (Lipinski definition) is 5. The van der Waals surface area contributed by atoms with Crippen LogP contribution < -0.4 is 16.2 Å². The number of benzene rings is 2. The summed E-state index contributed by atoms with van der Waals surface area (Å²) in [6.45, 7) is 0. The van der Waals surface area contributed by atoms with Crippen LogP contribution in [0, 0.1) is 5.82 Å². The Balaban J connectivity index is 2.15. The first-order valence-electron chi connectivity index (χ1n) is 6.36. The largest absolute Gasteiger partial charge is 0.393 e. The molecule has 2 aromatic carbocycles. The number of nitrogens with two attached hydrogens (primary N) is 2. The van der Waals surface area contributed by atoms with E-state index in [9.17, 15) is 9.18 Å². The molecule has 0 aliphatic rings. The van der Waals surface area contributed by atoms with Crippen LogP contribution in [0.3, 0.4) is 0 Å². The SMILES string of the molecule is NS/C(Sc1ccc(Cl)cc1)=C(\N)C(=O)Nc1cccc(F)c1. The first-order valence-corrected chi connectivity index (χ1v) is 8.44. The van der Waals surface area contributed by atoms with Crippen LogP contribution in [0.5, 0.6) is 0 Å². The van der Waals surface area contributed by atoms with Gasteiger partial charge >= 0.3 is 0 Å². The molecule has 0 fully saturated rings. The highest BCUT2D eigenvalue weighted by Crippen LogP contribution is 2.34. The molecule has 0 aliphatic heterocycles. The molecule has 0 saturated heterocycles. The highest BCUT2D eigenvalue weighted by molar-refractivity contribution is 8.21. The van der Waals surface area contributed by atoms with Crippen LogP contribution in [-0.4, -0.2) is 5.91 Å². The van der Waals surface area contributed by atoms with E-state index in [2.05, 4.69) is 5.32 Å². The Bertz CT molecular complexity index is 738. The Hall–Kier alpha value is -1.67. The van der Waals surface area contributed by atoms with Gasteiger partial charge in [0.15, 0.2) is 0 Å². The number of carbonyl (C=O) groups excluding carboxylic acids is 1. The van der Waals surface area contributed by atoms with Gasteiger partial charge in [-0.3, -0.25) is 9.93 Å². The molecule has 0 bridgehead atoms. The highest BCUT2D eigenvalue weighted by atomic mass is 35.5. The maximum atomic E-state index is 13.1. The molecule has 0 radical (unpaired) electrons. The minimum absolute atomic E-state index is 0.0401. The van der Waals surface area contributed by atoms with E-state index in [1.165, 1.54) is 30.0 Å². The zero-order valence-electron chi connectivity index (χ0n) is 11.8. The van der Waals surface area contributed by atoms with Gasteiger partial charge in [-0.25, -0.2) is 4.39 Å². The summed E-state index contributed by atoms with van der Waals surface area (Å²) in [4.78, 5) is 13.0. The Kier molecular flexibility index (Phi) is 6.35. The fourth-order valence-corrected chi connectivity index (χ4v) is 3.13. The number of carbonyl (C=O) groups is 1. The quantitative estimate of drug-likeness (QED) is 0.422. The van der Waals surface area contributed by atoms with E-state index in [1.807, 2.05) is 0 Å². The Labute approximate surface area is 146 Å². The zero-order chi connectivity index (χ0) is 16.8. The van der Waals surface area contributed by atoms with Crippen molar-refractivity contribution in [1.29, 1.82) is 0 Å². The third kappa shape index (κ3) is 5.18. The molecule has 0 spiro atoms. The summed E-state index contributed by atoms with van der Waals surface area (Å²) in [5, 5.41) is 8.73. The van der Waals surface area contributed by atoms with Gasteiger partial charge in [-0.15, -0.1) is 0 Å². The van der Waals surface area contributed by atoms with Crippen molar-refractivity contribution in [1.82, 2.24) is 0 Å². The lowest BCUT2D eigenvalue weighted by molar-refractivity contribution is -0.112. The molecular formula is C15H13ClFN3OS2. The summed E-state index contributed by atoms with van der Waals surface area (Å²) < 4.78 is 13.6. The molecule has 1 amide bonds. The number of amides is 1. The number of anilines is 1. The van der Waals surface area contributed by atoms with E-state index in [0.717, 1.165) is 16.8 Å². The highest BCUT2D eigenvalue weighted by Gasteiger charge is 2.14. The first-order chi connectivity index (χ1) is 11.0. The summed E-state index contributed by atoms with van der Waals surface area (Å²) in [5.74, 6) is -1.00. The topological polar surface area (TPSA) is 81.1 Å². The van der Waals surface area contributed by atoms with Gasteiger partial charge in [0.05, 0.1) is 4.24 Å². The molecular weight excluding hydrogens is 357 g/mol. The minimum Gasteiger partial charge on any atom is -0.393 e. The van der Waals surface area contributed by atoms with Crippen LogP contribution in [0.2, 0.25) is 5.02 Å². The van der Waals surface area contributed by atoms with Crippen molar-refractivity contribution in [3.8, 4) is 0 Å². The van der Waals surface area contributed by atoms with E-state index >= 15 is 0 Å². The summed E-state index contributed by atoms with van der Waals surface area (Å²) in [5.41, 5.74) is 6.14. The Morgan fingerprint density at radius 1 is 1.17 bits per heavy atom. The maximum Gasteiger partial charge on any atom is 0.273 e. The number of halogens is 2. The molecule has 0 aliphatic carbocycles. The summed E-state index contributed by atoms with van der Waals surface area (Å²) >= 11 is 7.94. The molecule has 0 unspecified atom stereocenters. The molecule has 8 heteroatoms. The average molecular weight is 370 g/mol. The zero-order valence-corrected chi connectivity index (χ0v) is 14.1. The van der Waals surface area contributed by atoms with Crippen LogP contribution in [-0.2, 0) is 4.79 Å². The smallest absolute Gasteiger partial charge is 0.273 e. The molecule has 0 aromatic heterocycles. The first kappa shape index (κ1) is 17.7. The predicted octanol–water partition coefficient (Wildman–Crippen LogP) is 3.94. The fourth-order valence-electron chi connectivity index (χ4n) is 1.61. The summed E-state index contributed by atoms with van der Waals surface area (Å²) in [7, 11) is 0. The molecule has 0 heterocycles. The van der Waals surface area contributed by atoms with Gasteiger partial charge in [0.1, 0.15) is 11.5 Å². The summed E-state index contributed by atoms with van der Waals surface area (Å²) in [6.07, 6.45) is 0. The minimum atomic E-state index is -0.551. The Morgan fingerprint density at radius 3 is 2.48 bits per heavy atom. The Morgan fingerprint density at radius 2 is 1.87 bits per heavy atom. The summed E-state index contributed by atoms with van der Waals surface area (Å²) in [6, 6.07) is 12.6. The second-order valence-corrected chi connectivity index (χ2v) is 6.76. The average Bonchev–Trinajstić information content (AvgIpc) is 2.53. The van der Waals surface area contributed by atoms with Gasteiger partial charge in [-0.1, -0.05) is 29.4 Å². The van der Waals surface area contributed by atoms with Crippen molar-refractivity contribution in [2.75, 3.05) is 5.32 Å². The van der Waals surface area contributed by atoms with Crippen LogP contribution >= 0.6 is 35.3 Å². The third-order valence-electron chi connectivity index (χ3n) is 2.68. The second kappa shape index (κ2) is 8.26.